The maximum atomic E-state index is 12.0. The second-order valence-electron chi connectivity index (χ2n) is 3.13. The summed E-state index contributed by atoms with van der Waals surface area (Å²) in [7, 11) is 3.02. The maximum Gasteiger partial charge on any atom is 0.419 e. The average Bonchev–Trinajstić information content (AvgIpc) is 2.59. The van der Waals surface area contributed by atoms with Crippen LogP contribution in [0.4, 0.5) is 19.1 Å². The second-order valence-corrected chi connectivity index (χ2v) is 3.13. The van der Waals surface area contributed by atoms with Gasteiger partial charge in [-0.15, -0.1) is 0 Å². The van der Waals surface area contributed by atoms with Gasteiger partial charge in [0.1, 0.15) is 6.61 Å². The van der Waals surface area contributed by atoms with Gasteiger partial charge in [-0.25, -0.2) is 4.99 Å². The Hall–Kier alpha value is -1.84. The van der Waals surface area contributed by atoms with Crippen LogP contribution >= 0.6 is 0 Å². The van der Waals surface area contributed by atoms with Gasteiger partial charge < -0.3 is 10.2 Å². The summed E-state index contributed by atoms with van der Waals surface area (Å²) in [5.41, 5.74) is -0.160. The Morgan fingerprint density at radius 3 is 2.59 bits per heavy atom. The summed E-state index contributed by atoms with van der Waals surface area (Å²) < 4.78 is 40.3. The Balaban J connectivity index is 3.16. The summed E-state index contributed by atoms with van der Waals surface area (Å²) in [5, 5.41) is 24.2. The van der Waals surface area contributed by atoms with Crippen LogP contribution in [0, 0.1) is 0 Å². The SMILES string of the molecule is CN(C)[n+]1noc(/N=C(\[O-])C(F)(F)F)c1CO. The predicted octanol–water partition coefficient (Wildman–Crippen LogP) is -1.40. The number of nitrogens with zero attached hydrogens (tertiary/aromatic N) is 4. The number of halogens is 3. The van der Waals surface area contributed by atoms with Crippen LogP contribution in [0.25, 0.3) is 0 Å². The Morgan fingerprint density at radius 2 is 2.18 bits per heavy atom. The van der Waals surface area contributed by atoms with E-state index in [2.05, 4.69) is 14.8 Å². The van der Waals surface area contributed by atoms with Crippen molar-refractivity contribution in [3.8, 4) is 0 Å². The van der Waals surface area contributed by atoms with Crippen LogP contribution in [-0.4, -0.2) is 36.5 Å². The molecule has 0 amide bonds. The van der Waals surface area contributed by atoms with E-state index in [1.165, 1.54) is 19.1 Å². The first kappa shape index (κ1) is 13.2. The predicted molar refractivity (Wildman–Crippen MR) is 45.8 cm³/mol. The minimum absolute atomic E-state index is 0.160. The Morgan fingerprint density at radius 1 is 1.59 bits per heavy atom. The molecule has 0 aliphatic carbocycles. The zero-order valence-electron chi connectivity index (χ0n) is 8.89. The van der Waals surface area contributed by atoms with Gasteiger partial charge in [0.25, 0.3) is 0 Å². The van der Waals surface area contributed by atoms with Crippen molar-refractivity contribution in [3.63, 3.8) is 0 Å². The molecule has 0 saturated carbocycles. The van der Waals surface area contributed by atoms with E-state index >= 15 is 0 Å². The molecule has 0 aliphatic rings. The van der Waals surface area contributed by atoms with Crippen LogP contribution in [-0.2, 0) is 6.61 Å². The van der Waals surface area contributed by atoms with Gasteiger partial charge in [0, 0.05) is 0 Å². The van der Waals surface area contributed by atoms with E-state index in [1.54, 1.807) is 0 Å². The number of rotatable bonds is 3. The number of hydrogen-bond donors (Lipinski definition) is 1. The number of hydrogen-bond acceptors (Lipinski definition) is 6. The zero-order chi connectivity index (χ0) is 13.2. The van der Waals surface area contributed by atoms with E-state index < -0.39 is 24.6 Å². The van der Waals surface area contributed by atoms with Gasteiger partial charge in [-0.2, -0.15) is 18.2 Å². The molecule has 10 heteroatoms. The van der Waals surface area contributed by atoms with Crippen LogP contribution in [0.5, 0.6) is 0 Å². The van der Waals surface area contributed by atoms with E-state index in [0.717, 1.165) is 4.79 Å². The van der Waals surface area contributed by atoms with Gasteiger partial charge in [0.05, 0.1) is 24.8 Å². The molecule has 96 valence electrons. The van der Waals surface area contributed by atoms with Gasteiger partial charge in [0.2, 0.25) is 5.27 Å². The van der Waals surface area contributed by atoms with Gasteiger partial charge >= 0.3 is 17.8 Å². The molecular weight excluding hydrogens is 245 g/mol. The highest BCUT2D eigenvalue weighted by molar-refractivity contribution is 5.79. The number of aliphatic hydroxyl groups is 1. The smallest absolute Gasteiger partial charge is 0.419 e. The lowest BCUT2D eigenvalue weighted by atomic mass is 10.4. The summed E-state index contributed by atoms with van der Waals surface area (Å²) in [6.45, 7) is -0.675. The lowest BCUT2D eigenvalue weighted by Crippen LogP contribution is -2.56. The van der Waals surface area contributed by atoms with Crippen molar-refractivity contribution in [2.75, 3.05) is 19.1 Å². The third-order valence-corrected chi connectivity index (χ3v) is 1.67. The van der Waals surface area contributed by atoms with Gasteiger partial charge in [-0.3, -0.25) is 4.52 Å². The Bertz CT molecular complexity index is 426. The molecule has 1 N–H and O–H groups in total. The van der Waals surface area contributed by atoms with E-state index in [1.807, 2.05) is 0 Å². The van der Waals surface area contributed by atoms with Crippen molar-refractivity contribution < 1.29 is 32.7 Å². The summed E-state index contributed by atoms with van der Waals surface area (Å²) in [6.07, 6.45) is -5.09. The van der Waals surface area contributed by atoms with Crippen molar-refractivity contribution in [2.24, 2.45) is 4.99 Å². The van der Waals surface area contributed by atoms with Crippen molar-refractivity contribution in [2.45, 2.75) is 12.8 Å². The molecule has 1 aromatic rings. The van der Waals surface area contributed by atoms with E-state index in [-0.39, 0.29) is 5.69 Å². The lowest BCUT2D eigenvalue weighted by Gasteiger charge is -2.12. The summed E-state index contributed by atoms with van der Waals surface area (Å²) in [6, 6.07) is 0. The van der Waals surface area contributed by atoms with Crippen molar-refractivity contribution >= 4 is 11.8 Å². The van der Waals surface area contributed by atoms with Crippen molar-refractivity contribution in [1.29, 1.82) is 0 Å². The zero-order valence-corrected chi connectivity index (χ0v) is 8.89. The Labute approximate surface area is 93.3 Å². The molecule has 17 heavy (non-hydrogen) atoms. The lowest BCUT2D eigenvalue weighted by molar-refractivity contribution is -0.760. The van der Waals surface area contributed by atoms with Crippen LogP contribution in [0.1, 0.15) is 5.69 Å². The summed E-state index contributed by atoms with van der Waals surface area (Å²) in [5.74, 6) is -3.00. The molecule has 0 aromatic carbocycles. The molecule has 0 unspecified atom stereocenters. The fourth-order valence-corrected chi connectivity index (χ4v) is 0.951. The van der Waals surface area contributed by atoms with Crippen LogP contribution in [0.2, 0.25) is 0 Å². The van der Waals surface area contributed by atoms with Gasteiger partial charge in [-0.1, -0.05) is 0 Å². The molecule has 0 aliphatic heterocycles. The fourth-order valence-electron chi connectivity index (χ4n) is 0.951. The minimum atomic E-state index is -5.09. The molecule has 0 spiro atoms. The number of aliphatic imine (C=N–C) groups is 1. The molecule has 1 rings (SSSR count). The largest absolute Gasteiger partial charge is 0.855 e. The highest BCUT2D eigenvalue weighted by atomic mass is 19.4. The summed E-state index contributed by atoms with van der Waals surface area (Å²) >= 11 is 0. The third kappa shape index (κ3) is 2.84. The minimum Gasteiger partial charge on any atom is -0.855 e. The highest BCUT2D eigenvalue weighted by Crippen LogP contribution is 2.20. The number of aliphatic hydroxyl groups excluding tert-OH is 1. The maximum absolute atomic E-state index is 12.0. The molecule has 0 fully saturated rings. The Kier molecular flexibility index (Phi) is 3.56. The molecule has 1 aromatic heterocycles. The first-order valence-electron chi connectivity index (χ1n) is 4.29. The number of aromatic nitrogens is 2. The molecule has 0 radical (unpaired) electrons. The van der Waals surface area contributed by atoms with E-state index in [0.29, 0.717) is 0 Å². The monoisotopic (exact) mass is 254 g/mol. The molecule has 0 bridgehead atoms. The third-order valence-electron chi connectivity index (χ3n) is 1.67. The van der Waals surface area contributed by atoms with Crippen molar-refractivity contribution in [3.05, 3.63) is 5.69 Å². The van der Waals surface area contributed by atoms with Crippen LogP contribution in [0.15, 0.2) is 9.52 Å². The molecule has 1 heterocycles. The highest BCUT2D eigenvalue weighted by Gasteiger charge is 2.31. The quantitative estimate of drug-likeness (QED) is 0.407. The standard InChI is InChI=1S/C7H9F3N4O3/c1-13(2)14-4(3-15)5(17-12-14)11-6(16)7(8,9)10/h15H,3H2,1-2H3. The van der Waals surface area contributed by atoms with Crippen molar-refractivity contribution in [1.82, 2.24) is 5.27 Å². The molecule has 0 atom stereocenters. The number of alkyl halides is 3. The first-order valence-corrected chi connectivity index (χ1v) is 4.29. The van der Waals surface area contributed by atoms with Gasteiger partial charge in [0.15, 0.2) is 0 Å². The summed E-state index contributed by atoms with van der Waals surface area (Å²) in [4.78, 5) is 3.68. The first-order chi connectivity index (χ1) is 7.77. The second kappa shape index (κ2) is 4.57. The normalized spacial score (nSPS) is 12.9. The molecule has 7 nitrogen and oxygen atoms in total. The van der Waals surface area contributed by atoms with E-state index in [4.69, 9.17) is 5.11 Å². The van der Waals surface area contributed by atoms with Crippen LogP contribution < -0.4 is 14.9 Å². The van der Waals surface area contributed by atoms with Crippen LogP contribution in [0.3, 0.4) is 0 Å². The average molecular weight is 254 g/mol. The topological polar surface area (TPSA) is 88.8 Å². The van der Waals surface area contributed by atoms with Gasteiger partial charge in [-0.05, 0) is 0 Å². The molecule has 0 saturated heterocycles. The fraction of sp³-hybridized carbons (Fsp3) is 0.571. The van der Waals surface area contributed by atoms with E-state index in [9.17, 15) is 18.3 Å². The molecular formula is C7H9F3N4O3.